The van der Waals surface area contributed by atoms with Gasteiger partial charge in [-0.15, -0.1) is 11.3 Å². The van der Waals surface area contributed by atoms with E-state index in [0.29, 0.717) is 17.9 Å². The molecule has 0 fully saturated rings. The lowest BCUT2D eigenvalue weighted by Crippen LogP contribution is -2.06. The predicted molar refractivity (Wildman–Crippen MR) is 69.0 cm³/mol. The van der Waals surface area contributed by atoms with Crippen LogP contribution in [0, 0.1) is 32.1 Å². The Morgan fingerprint density at radius 1 is 1.47 bits per heavy atom. The highest BCUT2D eigenvalue weighted by atomic mass is 32.1. The molecule has 2 aromatic heterocycles. The average molecular weight is 246 g/mol. The molecule has 0 aliphatic rings. The maximum Gasteiger partial charge on any atom is 0.122 e. The fraction of sp³-hybridized carbons (Fsp3) is 0.333. The normalized spacial score (nSPS) is 10.5. The standard InChI is InChI=1S/C12H14N4S/c1-7-8(2)16(12(14)11(7)4-13)5-10-6-17-9(3)15-10/h6H,5,14H2,1-3H3. The minimum absolute atomic E-state index is 0.535. The third-order valence-electron chi connectivity index (χ3n) is 2.97. The maximum atomic E-state index is 9.05. The number of rotatable bonds is 2. The Hall–Kier alpha value is -1.80. The van der Waals surface area contributed by atoms with Crippen LogP contribution < -0.4 is 5.73 Å². The summed E-state index contributed by atoms with van der Waals surface area (Å²) in [5.41, 5.74) is 9.54. The lowest BCUT2D eigenvalue weighted by molar-refractivity contribution is 0.765. The Labute approximate surface area is 104 Å². The fourth-order valence-electron chi connectivity index (χ4n) is 1.88. The summed E-state index contributed by atoms with van der Waals surface area (Å²) in [7, 11) is 0. The van der Waals surface area contributed by atoms with Crippen LogP contribution in [0.3, 0.4) is 0 Å². The summed E-state index contributed by atoms with van der Waals surface area (Å²) < 4.78 is 1.95. The van der Waals surface area contributed by atoms with Gasteiger partial charge >= 0.3 is 0 Å². The molecule has 0 aromatic carbocycles. The molecule has 88 valence electrons. The molecule has 2 rings (SSSR count). The molecule has 4 nitrogen and oxygen atoms in total. The van der Waals surface area contributed by atoms with Crippen molar-refractivity contribution in [3.63, 3.8) is 0 Å². The SMILES string of the molecule is Cc1nc(Cn2c(C)c(C)c(C#N)c2N)cs1. The zero-order chi connectivity index (χ0) is 12.6. The molecule has 0 bridgehead atoms. The minimum atomic E-state index is 0.535. The third kappa shape index (κ3) is 1.92. The Morgan fingerprint density at radius 3 is 2.65 bits per heavy atom. The molecule has 0 unspecified atom stereocenters. The van der Waals surface area contributed by atoms with Gasteiger partial charge in [-0.1, -0.05) is 0 Å². The zero-order valence-corrected chi connectivity index (χ0v) is 10.9. The monoisotopic (exact) mass is 246 g/mol. The van der Waals surface area contributed by atoms with Crippen molar-refractivity contribution in [3.8, 4) is 6.07 Å². The van der Waals surface area contributed by atoms with E-state index in [0.717, 1.165) is 22.0 Å². The summed E-state index contributed by atoms with van der Waals surface area (Å²) in [6, 6.07) is 2.15. The van der Waals surface area contributed by atoms with Crippen molar-refractivity contribution in [2.75, 3.05) is 5.73 Å². The van der Waals surface area contributed by atoms with Crippen LogP contribution in [0.25, 0.3) is 0 Å². The maximum absolute atomic E-state index is 9.05. The van der Waals surface area contributed by atoms with Crippen molar-refractivity contribution in [1.82, 2.24) is 9.55 Å². The van der Waals surface area contributed by atoms with Crippen LogP contribution in [0.5, 0.6) is 0 Å². The Morgan fingerprint density at radius 2 is 2.18 bits per heavy atom. The summed E-state index contributed by atoms with van der Waals surface area (Å²) in [4.78, 5) is 4.41. The minimum Gasteiger partial charge on any atom is -0.384 e. The van der Waals surface area contributed by atoms with Crippen LogP contribution in [0.4, 0.5) is 5.82 Å². The number of nitrogen functional groups attached to an aromatic ring is 1. The van der Waals surface area contributed by atoms with E-state index in [1.807, 2.05) is 30.7 Å². The molecule has 0 saturated heterocycles. The number of nitrogens with zero attached hydrogens (tertiary/aromatic N) is 3. The van der Waals surface area contributed by atoms with Gasteiger partial charge in [-0.25, -0.2) is 4.98 Å². The van der Waals surface area contributed by atoms with Gasteiger partial charge in [0.2, 0.25) is 0 Å². The number of nitrogens with two attached hydrogens (primary N) is 1. The molecule has 2 heterocycles. The summed E-state index contributed by atoms with van der Waals surface area (Å²) in [5.74, 6) is 0.535. The van der Waals surface area contributed by atoms with Gasteiger partial charge < -0.3 is 10.3 Å². The van der Waals surface area contributed by atoms with Gasteiger partial charge in [-0.3, -0.25) is 0 Å². The van der Waals surface area contributed by atoms with E-state index < -0.39 is 0 Å². The molecule has 2 N–H and O–H groups in total. The van der Waals surface area contributed by atoms with Gasteiger partial charge in [-0.2, -0.15) is 5.26 Å². The second-order valence-electron chi connectivity index (χ2n) is 4.03. The third-order valence-corrected chi connectivity index (χ3v) is 3.79. The first kappa shape index (κ1) is 11.7. The second-order valence-corrected chi connectivity index (χ2v) is 5.09. The van der Waals surface area contributed by atoms with E-state index in [1.54, 1.807) is 11.3 Å². The molecular formula is C12H14N4S. The van der Waals surface area contributed by atoms with Crippen LogP contribution in [0.2, 0.25) is 0 Å². The molecule has 2 aromatic rings. The van der Waals surface area contributed by atoms with Gasteiger partial charge in [0.15, 0.2) is 0 Å². The Kier molecular flexibility index (Phi) is 2.90. The molecule has 0 aliphatic heterocycles. The number of aryl methyl sites for hydroxylation is 1. The largest absolute Gasteiger partial charge is 0.384 e. The molecule has 5 heteroatoms. The number of hydrogen-bond donors (Lipinski definition) is 1. The van der Waals surface area contributed by atoms with Crippen molar-refractivity contribution < 1.29 is 0 Å². The van der Waals surface area contributed by atoms with Gasteiger partial charge in [-0.05, 0) is 26.3 Å². The first-order valence-corrected chi connectivity index (χ1v) is 6.18. The van der Waals surface area contributed by atoms with Crippen molar-refractivity contribution in [3.05, 3.63) is 32.9 Å². The van der Waals surface area contributed by atoms with E-state index in [-0.39, 0.29) is 0 Å². The summed E-state index contributed by atoms with van der Waals surface area (Å²) >= 11 is 1.62. The lowest BCUT2D eigenvalue weighted by Gasteiger charge is -2.06. The molecule has 0 atom stereocenters. The molecule has 0 spiro atoms. The van der Waals surface area contributed by atoms with Crippen LogP contribution in [-0.4, -0.2) is 9.55 Å². The first-order chi connectivity index (χ1) is 8.04. The molecule has 0 saturated carbocycles. The van der Waals surface area contributed by atoms with Crippen LogP contribution in [0.15, 0.2) is 5.38 Å². The zero-order valence-electron chi connectivity index (χ0n) is 10.1. The predicted octanol–water partition coefficient (Wildman–Crippen LogP) is 2.37. The van der Waals surface area contributed by atoms with Crippen LogP contribution in [-0.2, 0) is 6.54 Å². The molecule has 0 radical (unpaired) electrons. The smallest absolute Gasteiger partial charge is 0.122 e. The Balaban J connectivity index is 2.44. The van der Waals surface area contributed by atoms with Crippen LogP contribution >= 0.6 is 11.3 Å². The number of thiazole rings is 1. The number of anilines is 1. The summed E-state index contributed by atoms with van der Waals surface area (Å²) in [6.07, 6.45) is 0. The molecule has 17 heavy (non-hydrogen) atoms. The topological polar surface area (TPSA) is 67.6 Å². The molecule has 0 amide bonds. The van der Waals surface area contributed by atoms with Crippen molar-refractivity contribution in [2.45, 2.75) is 27.3 Å². The quantitative estimate of drug-likeness (QED) is 0.884. The van der Waals surface area contributed by atoms with Crippen LogP contribution in [0.1, 0.15) is 27.5 Å². The van der Waals surface area contributed by atoms with E-state index in [1.165, 1.54) is 0 Å². The molecule has 0 aliphatic carbocycles. The average Bonchev–Trinajstić information content (AvgIpc) is 2.78. The highest BCUT2D eigenvalue weighted by molar-refractivity contribution is 7.09. The number of aromatic nitrogens is 2. The van der Waals surface area contributed by atoms with E-state index >= 15 is 0 Å². The van der Waals surface area contributed by atoms with Gasteiger partial charge in [0, 0.05) is 11.1 Å². The van der Waals surface area contributed by atoms with Crippen molar-refractivity contribution in [2.24, 2.45) is 0 Å². The number of hydrogen-bond acceptors (Lipinski definition) is 4. The van der Waals surface area contributed by atoms with E-state index in [4.69, 9.17) is 11.0 Å². The van der Waals surface area contributed by atoms with Gasteiger partial charge in [0.05, 0.1) is 22.8 Å². The van der Waals surface area contributed by atoms with E-state index in [9.17, 15) is 0 Å². The van der Waals surface area contributed by atoms with Crippen molar-refractivity contribution >= 4 is 17.2 Å². The Bertz CT molecular complexity index is 601. The summed E-state index contributed by atoms with van der Waals surface area (Å²) in [5, 5.41) is 12.1. The van der Waals surface area contributed by atoms with Gasteiger partial charge in [0.1, 0.15) is 11.9 Å². The molecular weight excluding hydrogens is 232 g/mol. The van der Waals surface area contributed by atoms with Crippen molar-refractivity contribution in [1.29, 1.82) is 5.26 Å². The lowest BCUT2D eigenvalue weighted by atomic mass is 10.2. The summed E-state index contributed by atoms with van der Waals surface area (Å²) in [6.45, 7) is 6.51. The second kappa shape index (κ2) is 4.22. The fourth-order valence-corrected chi connectivity index (χ4v) is 2.48. The highest BCUT2D eigenvalue weighted by Crippen LogP contribution is 2.24. The first-order valence-electron chi connectivity index (χ1n) is 5.30. The highest BCUT2D eigenvalue weighted by Gasteiger charge is 2.15. The van der Waals surface area contributed by atoms with E-state index in [2.05, 4.69) is 11.1 Å². The van der Waals surface area contributed by atoms with Gasteiger partial charge in [0.25, 0.3) is 0 Å². The number of nitriles is 1.